The zero-order chi connectivity index (χ0) is 15.0. The van der Waals surface area contributed by atoms with Crippen LogP contribution < -0.4 is 5.32 Å². The molecule has 1 aromatic heterocycles. The number of halogens is 1. The van der Waals surface area contributed by atoms with Gasteiger partial charge in [0.2, 0.25) is 0 Å². The van der Waals surface area contributed by atoms with Crippen LogP contribution in [0.1, 0.15) is 27.6 Å². The van der Waals surface area contributed by atoms with Crippen LogP contribution in [0.25, 0.3) is 10.1 Å². The molecule has 0 saturated carbocycles. The lowest BCUT2D eigenvalue weighted by molar-refractivity contribution is 0.630. The van der Waals surface area contributed by atoms with Crippen LogP contribution in [0.4, 0.5) is 4.39 Å². The number of aryl methyl sites for hydroxylation is 2. The second kappa shape index (κ2) is 5.58. The Morgan fingerprint density at radius 3 is 2.62 bits per heavy atom. The minimum atomic E-state index is -0.181. The Kier molecular flexibility index (Phi) is 3.79. The Bertz CT molecular complexity index is 791. The Hall–Kier alpha value is -1.71. The fourth-order valence-corrected chi connectivity index (χ4v) is 3.87. The van der Waals surface area contributed by atoms with Gasteiger partial charge in [0.25, 0.3) is 0 Å². The second-order valence-corrected chi connectivity index (χ2v) is 6.53. The molecule has 1 atom stereocenters. The summed E-state index contributed by atoms with van der Waals surface area (Å²) in [6.07, 6.45) is 0. The topological polar surface area (TPSA) is 12.0 Å². The van der Waals surface area contributed by atoms with E-state index in [1.165, 1.54) is 27.6 Å². The molecule has 2 aromatic carbocycles. The third-order valence-electron chi connectivity index (χ3n) is 3.82. The monoisotopic (exact) mass is 299 g/mol. The molecule has 0 saturated heterocycles. The molecule has 3 rings (SSSR count). The highest BCUT2D eigenvalue weighted by atomic mass is 32.1. The van der Waals surface area contributed by atoms with Crippen LogP contribution in [-0.2, 0) is 0 Å². The Labute approximate surface area is 128 Å². The number of rotatable bonds is 3. The first-order valence-electron chi connectivity index (χ1n) is 7.02. The molecule has 0 spiro atoms. The van der Waals surface area contributed by atoms with Crippen molar-refractivity contribution in [2.75, 3.05) is 7.05 Å². The van der Waals surface area contributed by atoms with Crippen molar-refractivity contribution >= 4 is 21.4 Å². The van der Waals surface area contributed by atoms with E-state index in [0.717, 1.165) is 10.1 Å². The zero-order valence-electron chi connectivity index (χ0n) is 12.4. The molecule has 1 N–H and O–H groups in total. The SMILES string of the molecule is CNC(c1cc2cc(F)ccc2s1)c1cc(C)ccc1C. The van der Waals surface area contributed by atoms with Gasteiger partial charge >= 0.3 is 0 Å². The highest BCUT2D eigenvalue weighted by Crippen LogP contribution is 2.34. The van der Waals surface area contributed by atoms with Gasteiger partial charge in [-0.05, 0) is 61.7 Å². The lowest BCUT2D eigenvalue weighted by atomic mass is 9.98. The molecule has 0 aliphatic carbocycles. The van der Waals surface area contributed by atoms with Gasteiger partial charge < -0.3 is 5.32 Å². The van der Waals surface area contributed by atoms with Crippen LogP contribution in [0, 0.1) is 19.7 Å². The maximum atomic E-state index is 13.4. The predicted molar refractivity (Wildman–Crippen MR) is 88.6 cm³/mol. The van der Waals surface area contributed by atoms with Gasteiger partial charge in [0, 0.05) is 9.58 Å². The average molecular weight is 299 g/mol. The van der Waals surface area contributed by atoms with Crippen LogP contribution >= 0.6 is 11.3 Å². The second-order valence-electron chi connectivity index (χ2n) is 5.41. The van der Waals surface area contributed by atoms with Gasteiger partial charge in [-0.3, -0.25) is 0 Å². The molecule has 1 unspecified atom stereocenters. The van der Waals surface area contributed by atoms with Crippen molar-refractivity contribution in [3.8, 4) is 0 Å². The molecule has 0 aliphatic heterocycles. The van der Waals surface area contributed by atoms with Crippen LogP contribution in [0.3, 0.4) is 0 Å². The van der Waals surface area contributed by atoms with Gasteiger partial charge in [0.1, 0.15) is 5.82 Å². The highest BCUT2D eigenvalue weighted by molar-refractivity contribution is 7.19. The summed E-state index contributed by atoms with van der Waals surface area (Å²) in [6.45, 7) is 4.24. The van der Waals surface area contributed by atoms with E-state index in [9.17, 15) is 4.39 Å². The number of hydrogen-bond acceptors (Lipinski definition) is 2. The number of nitrogens with one attached hydrogen (secondary N) is 1. The highest BCUT2D eigenvalue weighted by Gasteiger charge is 2.17. The molecular formula is C18H18FNS. The van der Waals surface area contributed by atoms with Crippen molar-refractivity contribution in [3.63, 3.8) is 0 Å². The summed E-state index contributed by atoms with van der Waals surface area (Å²) >= 11 is 1.72. The summed E-state index contributed by atoms with van der Waals surface area (Å²) in [7, 11) is 1.97. The van der Waals surface area contributed by atoms with Gasteiger partial charge in [0.15, 0.2) is 0 Å². The maximum Gasteiger partial charge on any atom is 0.123 e. The van der Waals surface area contributed by atoms with Crippen LogP contribution in [0.15, 0.2) is 42.5 Å². The normalized spacial score (nSPS) is 12.8. The molecule has 3 aromatic rings. The standard InChI is InChI=1S/C18H18FNS/c1-11-4-5-12(2)15(8-11)18(20-3)17-10-13-9-14(19)6-7-16(13)21-17/h4-10,18,20H,1-3H3. The van der Waals surface area contributed by atoms with Crippen molar-refractivity contribution in [2.45, 2.75) is 19.9 Å². The van der Waals surface area contributed by atoms with E-state index in [-0.39, 0.29) is 11.9 Å². The summed E-state index contributed by atoms with van der Waals surface area (Å²) in [5.41, 5.74) is 3.80. The van der Waals surface area contributed by atoms with Crippen molar-refractivity contribution in [2.24, 2.45) is 0 Å². The summed E-state index contributed by atoms with van der Waals surface area (Å²) < 4.78 is 14.5. The molecule has 1 heterocycles. The van der Waals surface area contributed by atoms with Crippen molar-refractivity contribution < 1.29 is 4.39 Å². The molecule has 108 valence electrons. The number of hydrogen-bond donors (Lipinski definition) is 1. The van der Waals surface area contributed by atoms with E-state index < -0.39 is 0 Å². The smallest absolute Gasteiger partial charge is 0.123 e. The summed E-state index contributed by atoms with van der Waals surface area (Å²) in [4.78, 5) is 1.21. The number of fused-ring (bicyclic) bond motifs is 1. The Balaban J connectivity index is 2.11. The molecule has 3 heteroatoms. The van der Waals surface area contributed by atoms with Gasteiger partial charge in [-0.25, -0.2) is 4.39 Å². The fourth-order valence-electron chi connectivity index (χ4n) is 2.70. The lowest BCUT2D eigenvalue weighted by Crippen LogP contribution is -2.17. The molecule has 0 fully saturated rings. The average Bonchev–Trinajstić information content (AvgIpc) is 2.86. The zero-order valence-corrected chi connectivity index (χ0v) is 13.2. The van der Waals surface area contributed by atoms with Crippen molar-refractivity contribution in [3.05, 3.63) is 69.8 Å². The van der Waals surface area contributed by atoms with E-state index in [1.807, 2.05) is 13.1 Å². The van der Waals surface area contributed by atoms with E-state index in [2.05, 4.69) is 43.4 Å². The van der Waals surface area contributed by atoms with E-state index in [4.69, 9.17) is 0 Å². The van der Waals surface area contributed by atoms with Gasteiger partial charge in [0.05, 0.1) is 6.04 Å². The van der Waals surface area contributed by atoms with Crippen molar-refractivity contribution in [1.29, 1.82) is 0 Å². The van der Waals surface area contributed by atoms with E-state index in [0.29, 0.717) is 0 Å². The number of thiophene rings is 1. The summed E-state index contributed by atoms with van der Waals surface area (Å²) in [5, 5.41) is 4.37. The minimum absolute atomic E-state index is 0.144. The first-order chi connectivity index (χ1) is 10.1. The largest absolute Gasteiger partial charge is 0.309 e. The fraction of sp³-hybridized carbons (Fsp3) is 0.222. The van der Waals surface area contributed by atoms with Crippen LogP contribution in [-0.4, -0.2) is 7.05 Å². The molecule has 0 radical (unpaired) electrons. The van der Waals surface area contributed by atoms with Gasteiger partial charge in [-0.2, -0.15) is 0 Å². The third-order valence-corrected chi connectivity index (χ3v) is 5.00. The Morgan fingerprint density at radius 1 is 1.05 bits per heavy atom. The molecular weight excluding hydrogens is 281 g/mol. The molecule has 21 heavy (non-hydrogen) atoms. The minimum Gasteiger partial charge on any atom is -0.309 e. The molecule has 0 aliphatic rings. The van der Waals surface area contributed by atoms with Crippen LogP contribution in [0.5, 0.6) is 0 Å². The third kappa shape index (κ3) is 2.71. The molecule has 1 nitrogen and oxygen atoms in total. The first-order valence-corrected chi connectivity index (χ1v) is 7.83. The summed E-state index contributed by atoms with van der Waals surface area (Å²) in [5.74, 6) is -0.181. The maximum absolute atomic E-state index is 13.4. The van der Waals surface area contributed by atoms with Crippen LogP contribution in [0.2, 0.25) is 0 Å². The molecule has 0 amide bonds. The van der Waals surface area contributed by atoms with Gasteiger partial charge in [-0.15, -0.1) is 11.3 Å². The lowest BCUT2D eigenvalue weighted by Gasteiger charge is -2.18. The molecule has 0 bridgehead atoms. The first kappa shape index (κ1) is 14.2. The number of benzene rings is 2. The van der Waals surface area contributed by atoms with E-state index >= 15 is 0 Å². The quantitative estimate of drug-likeness (QED) is 0.720. The Morgan fingerprint density at radius 2 is 1.86 bits per heavy atom. The van der Waals surface area contributed by atoms with Gasteiger partial charge in [-0.1, -0.05) is 23.8 Å². The summed E-state index contributed by atoms with van der Waals surface area (Å²) in [6, 6.07) is 13.7. The van der Waals surface area contributed by atoms with Crippen molar-refractivity contribution in [1.82, 2.24) is 5.32 Å². The predicted octanol–water partition coefficient (Wildman–Crippen LogP) is 4.97. The van der Waals surface area contributed by atoms with E-state index in [1.54, 1.807) is 17.4 Å².